The van der Waals surface area contributed by atoms with Crippen LogP contribution in [0.15, 0.2) is 89.6 Å². The van der Waals surface area contributed by atoms with Gasteiger partial charge in [-0.05, 0) is 42.8 Å². The average molecular weight is 379 g/mol. The SMILES string of the molecule is CC1=NC(=Cc2[nH]c(-c3cc4ccccc4[nH]3)cc2OCc2ccccc2)C=C1. The van der Waals surface area contributed by atoms with Crippen LogP contribution in [0.25, 0.3) is 28.4 Å². The predicted molar refractivity (Wildman–Crippen MR) is 119 cm³/mol. The lowest BCUT2D eigenvalue weighted by Gasteiger charge is -2.05. The molecule has 2 aromatic heterocycles. The summed E-state index contributed by atoms with van der Waals surface area (Å²) >= 11 is 0. The second-order valence-electron chi connectivity index (χ2n) is 7.16. The number of nitrogens with zero attached hydrogens (tertiary/aromatic N) is 1. The van der Waals surface area contributed by atoms with E-state index in [1.54, 1.807) is 0 Å². The van der Waals surface area contributed by atoms with Gasteiger partial charge in [-0.1, -0.05) is 48.5 Å². The van der Waals surface area contributed by atoms with Crippen molar-refractivity contribution in [2.75, 3.05) is 0 Å². The van der Waals surface area contributed by atoms with Crippen LogP contribution in [-0.2, 0) is 6.61 Å². The van der Waals surface area contributed by atoms with Gasteiger partial charge >= 0.3 is 0 Å². The molecule has 29 heavy (non-hydrogen) atoms. The molecular formula is C25H21N3O. The van der Waals surface area contributed by atoms with E-state index in [0.717, 1.165) is 45.3 Å². The van der Waals surface area contributed by atoms with Crippen molar-refractivity contribution in [2.24, 2.45) is 4.99 Å². The molecule has 3 heterocycles. The minimum absolute atomic E-state index is 0.513. The standard InChI is InChI=1S/C25H21N3O/c1-17-11-12-20(26-17)14-24-25(29-16-18-7-3-2-4-8-18)15-23(28-24)22-13-19-9-5-6-10-21(19)27-22/h2-15,27-28H,16H2,1H3. The van der Waals surface area contributed by atoms with Gasteiger partial charge < -0.3 is 14.7 Å². The Labute approximate surface area is 169 Å². The topological polar surface area (TPSA) is 53.2 Å². The molecule has 0 fully saturated rings. The molecule has 0 unspecified atom stereocenters. The summed E-state index contributed by atoms with van der Waals surface area (Å²) in [5.74, 6) is 0.808. The first-order valence-electron chi connectivity index (χ1n) is 9.67. The average Bonchev–Trinajstić information content (AvgIpc) is 3.45. The third-order valence-corrected chi connectivity index (χ3v) is 4.96. The number of para-hydroxylation sites is 1. The Hall–Kier alpha value is -3.79. The van der Waals surface area contributed by atoms with Gasteiger partial charge in [0.1, 0.15) is 12.4 Å². The van der Waals surface area contributed by atoms with Crippen LogP contribution in [-0.4, -0.2) is 15.7 Å². The fraction of sp³-hybridized carbons (Fsp3) is 0.0800. The first-order valence-corrected chi connectivity index (χ1v) is 9.67. The van der Waals surface area contributed by atoms with Crippen molar-refractivity contribution in [3.05, 3.63) is 95.8 Å². The summed E-state index contributed by atoms with van der Waals surface area (Å²) in [5, 5.41) is 1.18. The minimum Gasteiger partial charge on any atom is -0.487 e. The van der Waals surface area contributed by atoms with E-state index in [1.807, 2.05) is 55.5 Å². The Balaban J connectivity index is 1.51. The molecule has 0 radical (unpaired) electrons. The molecule has 0 bridgehead atoms. The molecule has 0 atom stereocenters. The van der Waals surface area contributed by atoms with Gasteiger partial charge in [0.2, 0.25) is 0 Å². The van der Waals surface area contributed by atoms with Crippen LogP contribution in [0.4, 0.5) is 0 Å². The van der Waals surface area contributed by atoms with E-state index < -0.39 is 0 Å². The number of aromatic nitrogens is 2. The molecule has 5 rings (SSSR count). The lowest BCUT2D eigenvalue weighted by molar-refractivity contribution is 0.306. The third kappa shape index (κ3) is 3.65. The molecular weight excluding hydrogens is 358 g/mol. The van der Waals surface area contributed by atoms with Crippen LogP contribution >= 0.6 is 0 Å². The van der Waals surface area contributed by atoms with Gasteiger partial charge in [-0.3, -0.25) is 4.99 Å². The number of H-pyrrole nitrogens is 2. The number of fused-ring (bicyclic) bond motifs is 1. The number of hydrogen-bond donors (Lipinski definition) is 2. The number of benzene rings is 2. The van der Waals surface area contributed by atoms with Crippen molar-refractivity contribution >= 4 is 22.7 Å². The number of hydrogen-bond acceptors (Lipinski definition) is 2. The molecule has 4 heteroatoms. The van der Waals surface area contributed by atoms with E-state index in [-0.39, 0.29) is 0 Å². The van der Waals surface area contributed by atoms with E-state index in [4.69, 9.17) is 4.74 Å². The summed E-state index contributed by atoms with van der Waals surface area (Å²) in [6.07, 6.45) is 6.05. The summed E-state index contributed by atoms with van der Waals surface area (Å²) in [4.78, 5) is 11.5. The third-order valence-electron chi connectivity index (χ3n) is 4.96. The van der Waals surface area contributed by atoms with Gasteiger partial charge in [0, 0.05) is 22.7 Å². The molecule has 0 saturated carbocycles. The highest BCUT2D eigenvalue weighted by Gasteiger charge is 2.13. The lowest BCUT2D eigenvalue weighted by Crippen LogP contribution is -1.95. The van der Waals surface area contributed by atoms with Crippen molar-refractivity contribution < 1.29 is 4.74 Å². The Morgan fingerprint density at radius 3 is 2.48 bits per heavy atom. The van der Waals surface area contributed by atoms with E-state index in [1.165, 1.54) is 5.39 Å². The second kappa shape index (κ2) is 7.32. The molecule has 4 aromatic rings. The van der Waals surface area contributed by atoms with Crippen molar-refractivity contribution in [3.63, 3.8) is 0 Å². The van der Waals surface area contributed by atoms with Gasteiger partial charge in [0.15, 0.2) is 0 Å². The summed E-state index contributed by atoms with van der Waals surface area (Å²) < 4.78 is 6.17. The van der Waals surface area contributed by atoms with Gasteiger partial charge in [-0.25, -0.2) is 0 Å². The maximum atomic E-state index is 6.17. The van der Waals surface area contributed by atoms with E-state index in [9.17, 15) is 0 Å². The van der Waals surface area contributed by atoms with Gasteiger partial charge in [-0.2, -0.15) is 0 Å². The van der Waals surface area contributed by atoms with Crippen LogP contribution in [0.3, 0.4) is 0 Å². The van der Waals surface area contributed by atoms with E-state index >= 15 is 0 Å². The quantitative estimate of drug-likeness (QED) is 0.432. The molecule has 1 aliphatic rings. The maximum Gasteiger partial charge on any atom is 0.145 e. The zero-order valence-corrected chi connectivity index (χ0v) is 16.1. The summed E-state index contributed by atoms with van der Waals surface area (Å²) in [6.45, 7) is 2.51. The Morgan fingerprint density at radius 2 is 1.69 bits per heavy atom. The van der Waals surface area contributed by atoms with E-state index in [2.05, 4.69) is 51.4 Å². The van der Waals surface area contributed by atoms with Gasteiger partial charge in [-0.15, -0.1) is 0 Å². The Kier molecular flexibility index (Phi) is 4.37. The molecule has 4 nitrogen and oxygen atoms in total. The van der Waals surface area contributed by atoms with Gasteiger partial charge in [0.05, 0.1) is 22.8 Å². The Morgan fingerprint density at radius 1 is 0.897 bits per heavy atom. The maximum absolute atomic E-state index is 6.17. The molecule has 1 aliphatic heterocycles. The summed E-state index contributed by atoms with van der Waals surface area (Å²) in [6, 6.07) is 22.7. The van der Waals surface area contributed by atoms with E-state index in [0.29, 0.717) is 6.61 Å². The highest BCUT2D eigenvalue weighted by molar-refractivity contribution is 5.97. The molecule has 0 aliphatic carbocycles. The first-order chi connectivity index (χ1) is 14.2. The van der Waals surface area contributed by atoms with Crippen LogP contribution in [0.2, 0.25) is 0 Å². The highest BCUT2D eigenvalue weighted by Crippen LogP contribution is 2.31. The lowest BCUT2D eigenvalue weighted by atomic mass is 10.2. The zero-order valence-electron chi connectivity index (χ0n) is 16.1. The number of ether oxygens (including phenoxy) is 1. The number of aromatic amines is 2. The fourth-order valence-electron chi connectivity index (χ4n) is 3.49. The van der Waals surface area contributed by atoms with Crippen molar-refractivity contribution in [1.82, 2.24) is 9.97 Å². The molecule has 2 aromatic carbocycles. The highest BCUT2D eigenvalue weighted by atomic mass is 16.5. The van der Waals surface area contributed by atoms with Crippen LogP contribution in [0.5, 0.6) is 5.75 Å². The molecule has 0 spiro atoms. The largest absolute Gasteiger partial charge is 0.487 e. The van der Waals surface area contributed by atoms with Crippen molar-refractivity contribution in [3.8, 4) is 17.1 Å². The van der Waals surface area contributed by atoms with Crippen LogP contribution in [0, 0.1) is 0 Å². The number of nitrogens with one attached hydrogen (secondary N) is 2. The second-order valence-corrected chi connectivity index (χ2v) is 7.16. The normalized spacial score (nSPS) is 14.7. The number of allylic oxidation sites excluding steroid dienone is 2. The Bertz CT molecular complexity index is 1220. The predicted octanol–water partition coefficient (Wildman–Crippen LogP) is 6.11. The summed E-state index contributed by atoms with van der Waals surface area (Å²) in [5.41, 5.74) is 7.09. The summed E-state index contributed by atoms with van der Waals surface area (Å²) in [7, 11) is 0. The molecule has 142 valence electrons. The monoisotopic (exact) mass is 379 g/mol. The molecule has 0 saturated heterocycles. The number of rotatable bonds is 5. The smallest absolute Gasteiger partial charge is 0.145 e. The van der Waals surface area contributed by atoms with Crippen molar-refractivity contribution in [2.45, 2.75) is 13.5 Å². The fourth-order valence-corrected chi connectivity index (χ4v) is 3.49. The number of aliphatic imine (C=N–C) groups is 1. The van der Waals surface area contributed by atoms with Gasteiger partial charge in [0.25, 0.3) is 0 Å². The van der Waals surface area contributed by atoms with Crippen molar-refractivity contribution in [1.29, 1.82) is 0 Å². The molecule has 2 N–H and O–H groups in total. The minimum atomic E-state index is 0.513. The molecule has 0 amide bonds. The first kappa shape index (κ1) is 17.3. The van der Waals surface area contributed by atoms with Crippen LogP contribution in [0.1, 0.15) is 18.2 Å². The zero-order chi connectivity index (χ0) is 19.6. The van der Waals surface area contributed by atoms with Crippen LogP contribution < -0.4 is 4.74 Å².